The molecule has 0 aromatic carbocycles. The van der Waals surface area contributed by atoms with Gasteiger partial charge in [-0.05, 0) is 19.8 Å². The van der Waals surface area contributed by atoms with Crippen molar-refractivity contribution in [2.75, 3.05) is 18.2 Å². The van der Waals surface area contributed by atoms with E-state index in [1.807, 2.05) is 6.92 Å². The number of nitrogens with zero attached hydrogens (tertiary/aromatic N) is 2. The van der Waals surface area contributed by atoms with Gasteiger partial charge in [-0.2, -0.15) is 17.0 Å². The molecule has 1 unspecified atom stereocenters. The maximum atomic E-state index is 12.5. The standard InChI is InChI=1S/C10H18N2O4S2/c1-8-4-2-3-5-11(8)18(15,16)12-7-17-6-9(12)10(13)14/h8-9H,2-7H2,1H3,(H,13,14)/t8?,9-/m0/s1. The summed E-state index contributed by atoms with van der Waals surface area (Å²) < 4.78 is 27.6. The van der Waals surface area contributed by atoms with Crippen LogP contribution in [0.15, 0.2) is 0 Å². The molecule has 0 amide bonds. The monoisotopic (exact) mass is 294 g/mol. The quantitative estimate of drug-likeness (QED) is 0.823. The Hall–Kier alpha value is -0.310. The highest BCUT2D eigenvalue weighted by molar-refractivity contribution is 8.00. The molecule has 0 aromatic heterocycles. The Morgan fingerprint density at radius 3 is 2.67 bits per heavy atom. The number of carboxylic acid groups (broad SMARTS) is 1. The van der Waals surface area contributed by atoms with E-state index in [-0.39, 0.29) is 11.9 Å². The Bertz CT molecular complexity index is 426. The number of rotatable bonds is 3. The number of carboxylic acids is 1. The normalized spacial score (nSPS) is 31.6. The van der Waals surface area contributed by atoms with E-state index in [9.17, 15) is 13.2 Å². The molecule has 8 heteroatoms. The second-order valence-corrected chi connectivity index (χ2v) is 7.54. The Morgan fingerprint density at radius 1 is 1.33 bits per heavy atom. The molecule has 2 aliphatic rings. The molecule has 2 rings (SSSR count). The molecule has 0 bridgehead atoms. The van der Waals surface area contributed by atoms with Gasteiger partial charge in [-0.15, -0.1) is 11.8 Å². The van der Waals surface area contributed by atoms with Crippen LogP contribution in [0.1, 0.15) is 26.2 Å². The molecular weight excluding hydrogens is 276 g/mol. The first-order chi connectivity index (χ1) is 8.44. The zero-order chi connectivity index (χ0) is 13.3. The van der Waals surface area contributed by atoms with Crippen LogP contribution in [0.5, 0.6) is 0 Å². The van der Waals surface area contributed by atoms with Crippen LogP contribution in [0.2, 0.25) is 0 Å². The number of carbonyl (C=O) groups is 1. The number of aliphatic carboxylic acids is 1. The van der Waals surface area contributed by atoms with Crippen molar-refractivity contribution in [2.24, 2.45) is 0 Å². The SMILES string of the molecule is CC1CCCCN1S(=O)(=O)N1CSC[C@H]1C(=O)O. The van der Waals surface area contributed by atoms with Crippen LogP contribution in [0.25, 0.3) is 0 Å². The van der Waals surface area contributed by atoms with Crippen molar-refractivity contribution >= 4 is 27.9 Å². The number of hydrogen-bond donors (Lipinski definition) is 1. The van der Waals surface area contributed by atoms with Gasteiger partial charge in [0, 0.05) is 18.3 Å². The third-order valence-electron chi connectivity index (χ3n) is 3.46. The van der Waals surface area contributed by atoms with Crippen LogP contribution in [-0.2, 0) is 15.0 Å². The van der Waals surface area contributed by atoms with Crippen LogP contribution >= 0.6 is 11.8 Å². The van der Waals surface area contributed by atoms with Crippen LogP contribution < -0.4 is 0 Å². The van der Waals surface area contributed by atoms with Gasteiger partial charge in [-0.3, -0.25) is 4.79 Å². The molecule has 2 aliphatic heterocycles. The van der Waals surface area contributed by atoms with Crippen molar-refractivity contribution < 1.29 is 18.3 Å². The van der Waals surface area contributed by atoms with Crippen molar-refractivity contribution in [1.29, 1.82) is 0 Å². The first kappa shape index (κ1) is 14.1. The van der Waals surface area contributed by atoms with Crippen molar-refractivity contribution in [1.82, 2.24) is 8.61 Å². The summed E-state index contributed by atoms with van der Waals surface area (Å²) >= 11 is 1.35. The zero-order valence-corrected chi connectivity index (χ0v) is 11.9. The minimum atomic E-state index is -3.64. The van der Waals surface area contributed by atoms with Gasteiger partial charge in [0.15, 0.2) is 0 Å². The largest absolute Gasteiger partial charge is 0.480 e. The molecule has 0 radical (unpaired) electrons. The van der Waals surface area contributed by atoms with E-state index in [2.05, 4.69) is 0 Å². The molecule has 0 aromatic rings. The first-order valence-electron chi connectivity index (χ1n) is 6.03. The second-order valence-electron chi connectivity index (χ2n) is 4.70. The Kier molecular flexibility index (Phi) is 4.20. The molecule has 104 valence electrons. The van der Waals surface area contributed by atoms with Crippen molar-refractivity contribution in [2.45, 2.75) is 38.3 Å². The van der Waals surface area contributed by atoms with Gasteiger partial charge in [0.05, 0.1) is 5.88 Å². The van der Waals surface area contributed by atoms with Gasteiger partial charge < -0.3 is 5.11 Å². The van der Waals surface area contributed by atoms with Gasteiger partial charge >= 0.3 is 5.97 Å². The molecule has 18 heavy (non-hydrogen) atoms. The van der Waals surface area contributed by atoms with E-state index >= 15 is 0 Å². The Balaban J connectivity index is 2.22. The van der Waals surface area contributed by atoms with Gasteiger partial charge in [0.25, 0.3) is 10.2 Å². The summed E-state index contributed by atoms with van der Waals surface area (Å²) in [6.07, 6.45) is 2.73. The maximum absolute atomic E-state index is 12.5. The average molecular weight is 294 g/mol. The summed E-state index contributed by atoms with van der Waals surface area (Å²) in [4.78, 5) is 11.1. The zero-order valence-electron chi connectivity index (χ0n) is 10.3. The molecule has 2 saturated heterocycles. The van der Waals surface area contributed by atoms with Gasteiger partial charge in [-0.1, -0.05) is 6.42 Å². The summed E-state index contributed by atoms with van der Waals surface area (Å²) in [5, 5.41) is 9.07. The molecule has 0 aliphatic carbocycles. The molecule has 0 spiro atoms. The fourth-order valence-corrected chi connectivity index (χ4v) is 5.94. The predicted octanol–water partition coefficient (Wildman–Crippen LogP) is 0.565. The van der Waals surface area contributed by atoms with Crippen molar-refractivity contribution in [3.8, 4) is 0 Å². The molecule has 2 heterocycles. The lowest BCUT2D eigenvalue weighted by Crippen LogP contribution is -2.53. The minimum absolute atomic E-state index is 0.0382. The second kappa shape index (κ2) is 5.36. The predicted molar refractivity (Wildman–Crippen MR) is 69.5 cm³/mol. The van der Waals surface area contributed by atoms with Gasteiger partial charge in [0.1, 0.15) is 6.04 Å². The summed E-state index contributed by atoms with van der Waals surface area (Å²) in [5.41, 5.74) is 0. The molecular formula is C10H18N2O4S2. The van der Waals surface area contributed by atoms with Crippen LogP contribution in [0, 0.1) is 0 Å². The van der Waals surface area contributed by atoms with Crippen molar-refractivity contribution in [3.63, 3.8) is 0 Å². The highest BCUT2D eigenvalue weighted by atomic mass is 32.2. The lowest BCUT2D eigenvalue weighted by molar-refractivity contribution is -0.140. The van der Waals surface area contributed by atoms with E-state index in [1.165, 1.54) is 16.1 Å². The summed E-state index contributed by atoms with van der Waals surface area (Å²) in [6.45, 7) is 2.38. The fourth-order valence-electron chi connectivity index (χ4n) is 2.40. The van der Waals surface area contributed by atoms with Gasteiger partial charge in [0.2, 0.25) is 0 Å². The van der Waals surface area contributed by atoms with Crippen LogP contribution in [0.4, 0.5) is 0 Å². The highest BCUT2D eigenvalue weighted by Gasteiger charge is 2.43. The molecule has 1 N–H and O–H groups in total. The lowest BCUT2D eigenvalue weighted by atomic mass is 10.1. The molecule has 0 saturated carbocycles. The number of thioether (sulfide) groups is 1. The summed E-state index contributed by atoms with van der Waals surface area (Å²) in [6, 6.07) is -0.960. The van der Waals surface area contributed by atoms with E-state index < -0.39 is 22.2 Å². The Morgan fingerprint density at radius 2 is 2.06 bits per heavy atom. The minimum Gasteiger partial charge on any atom is -0.480 e. The van der Waals surface area contributed by atoms with Crippen molar-refractivity contribution in [3.05, 3.63) is 0 Å². The maximum Gasteiger partial charge on any atom is 0.322 e. The fraction of sp³-hybridized carbons (Fsp3) is 0.900. The number of hydrogen-bond acceptors (Lipinski definition) is 4. The smallest absolute Gasteiger partial charge is 0.322 e. The topological polar surface area (TPSA) is 77.9 Å². The third kappa shape index (κ3) is 2.52. The van der Waals surface area contributed by atoms with E-state index in [1.54, 1.807) is 0 Å². The van der Waals surface area contributed by atoms with Crippen LogP contribution in [0.3, 0.4) is 0 Å². The number of piperidine rings is 1. The first-order valence-corrected chi connectivity index (χ1v) is 8.59. The Labute approximate surface area is 112 Å². The molecule has 6 nitrogen and oxygen atoms in total. The highest BCUT2D eigenvalue weighted by Crippen LogP contribution is 2.29. The summed E-state index contributed by atoms with van der Waals surface area (Å²) in [5.74, 6) is -0.493. The molecule has 2 fully saturated rings. The lowest BCUT2D eigenvalue weighted by Gasteiger charge is -2.35. The van der Waals surface area contributed by atoms with Crippen LogP contribution in [-0.4, -0.2) is 58.4 Å². The average Bonchev–Trinajstić information content (AvgIpc) is 2.78. The van der Waals surface area contributed by atoms with E-state index in [4.69, 9.17) is 5.11 Å². The van der Waals surface area contributed by atoms with Gasteiger partial charge in [-0.25, -0.2) is 0 Å². The third-order valence-corrected chi connectivity index (χ3v) is 6.75. The van der Waals surface area contributed by atoms with E-state index in [0.717, 1.165) is 23.6 Å². The molecule has 2 atom stereocenters. The summed E-state index contributed by atoms with van der Waals surface area (Å²) in [7, 11) is -3.64. The van der Waals surface area contributed by atoms with E-state index in [0.29, 0.717) is 12.3 Å².